The fourth-order valence-electron chi connectivity index (χ4n) is 2.54. The van der Waals surface area contributed by atoms with Crippen LogP contribution in [0.1, 0.15) is 38.2 Å². The van der Waals surface area contributed by atoms with Gasteiger partial charge in [0.2, 0.25) is 0 Å². The Morgan fingerprint density at radius 2 is 2.11 bits per heavy atom. The first-order valence-corrected chi connectivity index (χ1v) is 6.99. The van der Waals surface area contributed by atoms with E-state index in [4.69, 9.17) is 11.6 Å². The van der Waals surface area contributed by atoms with Gasteiger partial charge in [-0.2, -0.15) is 0 Å². The third-order valence-electron chi connectivity index (χ3n) is 4.00. The number of carbonyl (C=O) groups is 1. The summed E-state index contributed by atoms with van der Waals surface area (Å²) in [7, 11) is 0. The van der Waals surface area contributed by atoms with Crippen molar-refractivity contribution in [3.05, 3.63) is 34.6 Å². The van der Waals surface area contributed by atoms with E-state index in [-0.39, 0.29) is 22.8 Å². The molecule has 1 N–H and O–H groups in total. The minimum atomic E-state index is -1.29. The molecule has 0 spiro atoms. The van der Waals surface area contributed by atoms with Crippen LogP contribution in [0.15, 0.2) is 18.2 Å². The van der Waals surface area contributed by atoms with E-state index in [1.807, 2.05) is 0 Å². The highest BCUT2D eigenvalue weighted by Crippen LogP contribution is 2.33. The topological polar surface area (TPSA) is 37.3 Å². The van der Waals surface area contributed by atoms with Gasteiger partial charge in [0.15, 0.2) is 5.78 Å². The van der Waals surface area contributed by atoms with Crippen molar-refractivity contribution < 1.29 is 14.3 Å². The van der Waals surface area contributed by atoms with Crippen LogP contribution in [0.2, 0.25) is 5.02 Å². The van der Waals surface area contributed by atoms with Gasteiger partial charge in [0.1, 0.15) is 11.4 Å². The standard InChI is InChI=1S/C15H18ClFO2/c1-10-5-7-15(19,8-6-10)13(18)9-11-3-2-4-12(16)14(11)17/h2-4,10,19H,5-9H2,1H3. The minimum Gasteiger partial charge on any atom is -0.382 e. The molecule has 0 saturated heterocycles. The quantitative estimate of drug-likeness (QED) is 0.922. The van der Waals surface area contributed by atoms with Crippen molar-refractivity contribution in [2.45, 2.75) is 44.6 Å². The summed E-state index contributed by atoms with van der Waals surface area (Å²) in [6, 6.07) is 4.59. The lowest BCUT2D eigenvalue weighted by atomic mass is 9.76. The fourth-order valence-corrected chi connectivity index (χ4v) is 2.74. The van der Waals surface area contributed by atoms with Crippen LogP contribution in [0.5, 0.6) is 0 Å². The zero-order valence-electron chi connectivity index (χ0n) is 11.0. The zero-order valence-corrected chi connectivity index (χ0v) is 11.7. The molecule has 0 aliphatic heterocycles. The molecule has 19 heavy (non-hydrogen) atoms. The highest BCUT2D eigenvalue weighted by atomic mass is 35.5. The molecule has 0 unspecified atom stereocenters. The van der Waals surface area contributed by atoms with Gasteiger partial charge in [-0.05, 0) is 43.2 Å². The van der Waals surface area contributed by atoms with Gasteiger partial charge in [-0.15, -0.1) is 0 Å². The van der Waals surface area contributed by atoms with Crippen molar-refractivity contribution in [3.8, 4) is 0 Å². The SMILES string of the molecule is CC1CCC(O)(C(=O)Cc2cccc(Cl)c2F)CC1. The molecule has 1 aliphatic carbocycles. The normalized spacial score (nSPS) is 27.3. The minimum absolute atomic E-state index is 0.00885. The number of hydrogen-bond donors (Lipinski definition) is 1. The summed E-state index contributed by atoms with van der Waals surface area (Å²) in [5.74, 6) is -0.332. The lowest BCUT2D eigenvalue weighted by molar-refractivity contribution is -0.140. The van der Waals surface area contributed by atoms with Crippen LogP contribution in [0.3, 0.4) is 0 Å². The summed E-state index contributed by atoms with van der Waals surface area (Å²) in [4.78, 5) is 12.2. The van der Waals surface area contributed by atoms with Gasteiger partial charge < -0.3 is 5.11 Å². The zero-order chi connectivity index (χ0) is 14.0. The Kier molecular flexibility index (Phi) is 4.26. The van der Waals surface area contributed by atoms with Gasteiger partial charge >= 0.3 is 0 Å². The maximum absolute atomic E-state index is 13.8. The van der Waals surface area contributed by atoms with Crippen LogP contribution in [-0.4, -0.2) is 16.5 Å². The maximum atomic E-state index is 13.8. The molecule has 1 aliphatic rings. The predicted octanol–water partition coefficient (Wildman–Crippen LogP) is 3.53. The Bertz CT molecular complexity index is 479. The van der Waals surface area contributed by atoms with Gasteiger partial charge in [0.25, 0.3) is 0 Å². The molecule has 1 fully saturated rings. The van der Waals surface area contributed by atoms with E-state index in [0.717, 1.165) is 12.8 Å². The Balaban J connectivity index is 2.10. The molecule has 0 heterocycles. The van der Waals surface area contributed by atoms with Crippen LogP contribution in [0, 0.1) is 11.7 Å². The second-order valence-electron chi connectivity index (χ2n) is 5.53. The van der Waals surface area contributed by atoms with Crippen molar-refractivity contribution in [2.24, 2.45) is 5.92 Å². The summed E-state index contributed by atoms with van der Waals surface area (Å²) in [5.41, 5.74) is -1.04. The van der Waals surface area contributed by atoms with E-state index in [2.05, 4.69) is 6.92 Å². The van der Waals surface area contributed by atoms with Crippen molar-refractivity contribution in [3.63, 3.8) is 0 Å². The van der Waals surface area contributed by atoms with Crippen LogP contribution in [-0.2, 0) is 11.2 Å². The second-order valence-corrected chi connectivity index (χ2v) is 5.93. The number of benzene rings is 1. The average Bonchev–Trinajstić information content (AvgIpc) is 2.38. The summed E-state index contributed by atoms with van der Waals surface area (Å²) >= 11 is 5.69. The van der Waals surface area contributed by atoms with E-state index in [0.29, 0.717) is 18.8 Å². The number of carbonyl (C=O) groups excluding carboxylic acids is 1. The third-order valence-corrected chi connectivity index (χ3v) is 4.29. The molecule has 0 atom stereocenters. The summed E-state index contributed by atoms with van der Waals surface area (Å²) in [6.07, 6.45) is 2.50. The van der Waals surface area contributed by atoms with Gasteiger partial charge in [-0.1, -0.05) is 30.7 Å². The molecule has 4 heteroatoms. The number of halogens is 2. The molecular formula is C15H18ClFO2. The van der Waals surface area contributed by atoms with Gasteiger partial charge in [0, 0.05) is 6.42 Å². The van der Waals surface area contributed by atoms with E-state index >= 15 is 0 Å². The predicted molar refractivity (Wildman–Crippen MR) is 72.7 cm³/mol. The average molecular weight is 285 g/mol. The summed E-state index contributed by atoms with van der Waals surface area (Å²) in [5, 5.41) is 10.4. The lowest BCUT2D eigenvalue weighted by Crippen LogP contribution is -2.42. The lowest BCUT2D eigenvalue weighted by Gasteiger charge is -2.33. The summed E-state index contributed by atoms with van der Waals surface area (Å²) < 4.78 is 13.8. The van der Waals surface area contributed by atoms with Crippen LogP contribution in [0.25, 0.3) is 0 Å². The molecule has 0 amide bonds. The molecule has 0 radical (unpaired) electrons. The first-order chi connectivity index (χ1) is 8.92. The molecule has 104 valence electrons. The smallest absolute Gasteiger partial charge is 0.168 e. The van der Waals surface area contributed by atoms with Crippen LogP contribution < -0.4 is 0 Å². The highest BCUT2D eigenvalue weighted by Gasteiger charge is 2.38. The Hall–Kier alpha value is -0.930. The van der Waals surface area contributed by atoms with Gasteiger partial charge in [0.05, 0.1) is 5.02 Å². The monoisotopic (exact) mass is 284 g/mol. The molecule has 1 aromatic rings. The third kappa shape index (κ3) is 3.15. The largest absolute Gasteiger partial charge is 0.382 e. The van der Waals surface area contributed by atoms with Crippen LogP contribution >= 0.6 is 11.6 Å². The fraction of sp³-hybridized carbons (Fsp3) is 0.533. The van der Waals surface area contributed by atoms with Crippen molar-refractivity contribution in [1.82, 2.24) is 0 Å². The van der Waals surface area contributed by atoms with Crippen molar-refractivity contribution in [1.29, 1.82) is 0 Å². The number of rotatable bonds is 3. The molecule has 0 bridgehead atoms. The van der Waals surface area contributed by atoms with E-state index in [1.165, 1.54) is 12.1 Å². The molecule has 1 aromatic carbocycles. The molecule has 1 saturated carbocycles. The molecule has 2 rings (SSSR count). The van der Waals surface area contributed by atoms with Crippen LogP contribution in [0.4, 0.5) is 4.39 Å². The number of aliphatic hydroxyl groups is 1. The molecule has 2 nitrogen and oxygen atoms in total. The Labute approximate surface area is 117 Å². The summed E-state index contributed by atoms with van der Waals surface area (Å²) in [6.45, 7) is 2.11. The van der Waals surface area contributed by atoms with E-state index in [1.54, 1.807) is 6.07 Å². The van der Waals surface area contributed by atoms with E-state index in [9.17, 15) is 14.3 Å². The first kappa shape index (κ1) is 14.5. The number of Topliss-reactive ketones (excluding diaryl/α,β-unsaturated/α-hetero) is 1. The van der Waals surface area contributed by atoms with Crippen molar-refractivity contribution >= 4 is 17.4 Å². The highest BCUT2D eigenvalue weighted by molar-refractivity contribution is 6.30. The Morgan fingerprint density at radius 1 is 1.47 bits per heavy atom. The molecular weight excluding hydrogens is 267 g/mol. The number of hydrogen-bond acceptors (Lipinski definition) is 2. The first-order valence-electron chi connectivity index (χ1n) is 6.61. The number of ketones is 1. The van der Waals surface area contributed by atoms with Gasteiger partial charge in [-0.3, -0.25) is 4.79 Å². The Morgan fingerprint density at radius 3 is 2.74 bits per heavy atom. The van der Waals surface area contributed by atoms with E-state index < -0.39 is 11.4 Å². The molecule has 0 aromatic heterocycles. The maximum Gasteiger partial charge on any atom is 0.168 e. The second kappa shape index (κ2) is 5.59. The van der Waals surface area contributed by atoms with Crippen molar-refractivity contribution in [2.75, 3.05) is 0 Å². The van der Waals surface area contributed by atoms with Gasteiger partial charge in [-0.25, -0.2) is 4.39 Å².